The smallest absolute Gasteiger partial charge is 0.344 e. The molecule has 2 aliphatic rings. The van der Waals surface area contributed by atoms with Crippen LogP contribution in [-0.2, 0) is 19.1 Å². The van der Waals surface area contributed by atoms with Crippen LogP contribution in [0.15, 0.2) is 23.1 Å². The second-order valence-corrected chi connectivity index (χ2v) is 9.26. The number of hydrogen-bond acceptors (Lipinski definition) is 6. The Bertz CT molecular complexity index is 874. The summed E-state index contributed by atoms with van der Waals surface area (Å²) >= 11 is 13.0. The molecule has 1 aliphatic heterocycles. The standard InChI is InChI=1S/C19H21Cl2N3O5S/c1-11-4-6-19(7-5-11)17(27)24(18(28)22-19)23-15(25)9-29-16(26)10-30-14-8-12(20)2-3-13(14)21/h2-3,8,11H,4-7,9-10H2,1H3,(H,22,28)(H,23,25). The van der Waals surface area contributed by atoms with Crippen LogP contribution in [0.4, 0.5) is 4.79 Å². The number of urea groups is 1. The molecule has 4 amide bonds. The molecule has 1 saturated heterocycles. The Balaban J connectivity index is 1.46. The highest BCUT2D eigenvalue weighted by molar-refractivity contribution is 8.00. The van der Waals surface area contributed by atoms with Gasteiger partial charge in [0.05, 0.1) is 10.8 Å². The van der Waals surface area contributed by atoms with E-state index in [2.05, 4.69) is 17.7 Å². The highest BCUT2D eigenvalue weighted by atomic mass is 35.5. The number of imide groups is 1. The number of nitrogens with zero attached hydrogens (tertiary/aromatic N) is 1. The molecule has 0 aromatic heterocycles. The van der Waals surface area contributed by atoms with Crippen LogP contribution in [0.2, 0.25) is 10.0 Å². The number of halogens is 2. The number of ether oxygens (including phenoxy) is 1. The Labute approximate surface area is 187 Å². The minimum absolute atomic E-state index is 0.0855. The van der Waals surface area contributed by atoms with Crippen molar-refractivity contribution in [1.82, 2.24) is 15.8 Å². The van der Waals surface area contributed by atoms with Gasteiger partial charge in [-0.1, -0.05) is 30.1 Å². The van der Waals surface area contributed by atoms with Gasteiger partial charge in [0, 0.05) is 9.92 Å². The Morgan fingerprint density at radius 2 is 2.00 bits per heavy atom. The Morgan fingerprint density at radius 3 is 2.70 bits per heavy atom. The van der Waals surface area contributed by atoms with Gasteiger partial charge in [-0.2, -0.15) is 5.01 Å². The first kappa shape index (κ1) is 22.7. The van der Waals surface area contributed by atoms with Gasteiger partial charge in [0.1, 0.15) is 5.54 Å². The number of nitrogens with one attached hydrogen (secondary N) is 2. The van der Waals surface area contributed by atoms with Crippen LogP contribution in [0.1, 0.15) is 32.6 Å². The van der Waals surface area contributed by atoms with E-state index in [1.807, 2.05) is 0 Å². The minimum atomic E-state index is -0.958. The number of rotatable bonds is 6. The lowest BCUT2D eigenvalue weighted by molar-refractivity contribution is -0.148. The van der Waals surface area contributed by atoms with E-state index in [9.17, 15) is 19.2 Å². The summed E-state index contributed by atoms with van der Waals surface area (Å²) in [5.74, 6) is -1.51. The molecular weight excluding hydrogens is 453 g/mol. The van der Waals surface area contributed by atoms with Crippen molar-refractivity contribution in [2.75, 3.05) is 12.4 Å². The van der Waals surface area contributed by atoms with Crippen molar-refractivity contribution >= 4 is 58.8 Å². The van der Waals surface area contributed by atoms with Gasteiger partial charge in [-0.15, -0.1) is 11.8 Å². The average molecular weight is 474 g/mol. The van der Waals surface area contributed by atoms with Gasteiger partial charge >= 0.3 is 12.0 Å². The lowest BCUT2D eigenvalue weighted by Gasteiger charge is -2.33. The SMILES string of the molecule is CC1CCC2(CC1)NC(=O)N(NC(=O)COC(=O)CSc1cc(Cl)ccc1Cl)C2=O. The summed E-state index contributed by atoms with van der Waals surface area (Å²) in [7, 11) is 0. The molecule has 30 heavy (non-hydrogen) atoms. The van der Waals surface area contributed by atoms with Crippen molar-refractivity contribution < 1.29 is 23.9 Å². The predicted molar refractivity (Wildman–Crippen MR) is 112 cm³/mol. The quantitative estimate of drug-likeness (QED) is 0.373. The van der Waals surface area contributed by atoms with Crippen LogP contribution < -0.4 is 10.7 Å². The first-order chi connectivity index (χ1) is 14.2. The second kappa shape index (κ2) is 9.45. The molecule has 1 spiro atoms. The fourth-order valence-electron chi connectivity index (χ4n) is 3.38. The van der Waals surface area contributed by atoms with Crippen molar-refractivity contribution in [3.05, 3.63) is 28.2 Å². The van der Waals surface area contributed by atoms with Gasteiger partial charge in [0.25, 0.3) is 11.8 Å². The van der Waals surface area contributed by atoms with E-state index >= 15 is 0 Å². The maximum Gasteiger partial charge on any atom is 0.344 e. The number of hydrazine groups is 1. The first-order valence-corrected chi connectivity index (χ1v) is 11.1. The molecular formula is C19H21Cl2N3O5S. The lowest BCUT2D eigenvalue weighted by Crippen LogP contribution is -2.52. The summed E-state index contributed by atoms with van der Waals surface area (Å²) in [6.45, 7) is 1.48. The van der Waals surface area contributed by atoms with Gasteiger partial charge in [-0.25, -0.2) is 4.79 Å². The third-order valence-electron chi connectivity index (χ3n) is 5.13. The monoisotopic (exact) mass is 473 g/mol. The van der Waals surface area contributed by atoms with E-state index in [0.29, 0.717) is 38.7 Å². The zero-order valence-corrected chi connectivity index (χ0v) is 18.5. The summed E-state index contributed by atoms with van der Waals surface area (Å²) in [5.41, 5.74) is 1.26. The number of amides is 4. The number of hydrogen-bond donors (Lipinski definition) is 2. The molecule has 1 aromatic carbocycles. The van der Waals surface area contributed by atoms with Crippen molar-refractivity contribution in [1.29, 1.82) is 0 Å². The van der Waals surface area contributed by atoms with Crippen molar-refractivity contribution in [3.63, 3.8) is 0 Å². The van der Waals surface area contributed by atoms with E-state index < -0.39 is 36.0 Å². The van der Waals surface area contributed by atoms with E-state index in [1.165, 1.54) is 0 Å². The van der Waals surface area contributed by atoms with Crippen molar-refractivity contribution in [2.45, 2.75) is 43.0 Å². The van der Waals surface area contributed by atoms with Crippen molar-refractivity contribution in [3.8, 4) is 0 Å². The predicted octanol–water partition coefficient (Wildman–Crippen LogP) is 3.16. The van der Waals surface area contributed by atoms with Gasteiger partial charge < -0.3 is 10.1 Å². The van der Waals surface area contributed by atoms with Gasteiger partial charge in [0.2, 0.25) is 0 Å². The molecule has 1 aromatic rings. The highest BCUT2D eigenvalue weighted by Gasteiger charge is 2.52. The third kappa shape index (κ3) is 5.19. The normalized spacial score (nSPS) is 23.4. The van der Waals surface area contributed by atoms with Gasteiger partial charge in [0.15, 0.2) is 6.61 Å². The third-order valence-corrected chi connectivity index (χ3v) is 6.83. The molecule has 1 heterocycles. The van der Waals surface area contributed by atoms with Gasteiger partial charge in [-0.3, -0.25) is 19.8 Å². The molecule has 0 bridgehead atoms. The topological polar surface area (TPSA) is 105 Å². The van der Waals surface area contributed by atoms with Crippen LogP contribution >= 0.6 is 35.0 Å². The molecule has 8 nitrogen and oxygen atoms in total. The summed E-state index contributed by atoms with van der Waals surface area (Å²) in [6.07, 6.45) is 2.70. The van der Waals surface area contributed by atoms with Crippen LogP contribution in [0.3, 0.4) is 0 Å². The average Bonchev–Trinajstić information content (AvgIpc) is 2.93. The molecule has 11 heteroatoms. The molecule has 0 unspecified atom stereocenters. The minimum Gasteiger partial charge on any atom is -0.455 e. The first-order valence-electron chi connectivity index (χ1n) is 9.40. The van der Waals surface area contributed by atoms with Crippen LogP contribution in [0, 0.1) is 5.92 Å². The summed E-state index contributed by atoms with van der Waals surface area (Å²) in [5, 5.41) is 4.29. The Kier molecular flexibility index (Phi) is 7.15. The number of benzene rings is 1. The molecule has 3 rings (SSSR count). The fraction of sp³-hybridized carbons (Fsp3) is 0.474. The number of thioether (sulfide) groups is 1. The maximum atomic E-state index is 12.7. The Hall–Kier alpha value is -1.97. The zero-order chi connectivity index (χ0) is 21.9. The van der Waals surface area contributed by atoms with E-state index in [-0.39, 0.29) is 5.75 Å². The molecule has 1 aliphatic carbocycles. The largest absolute Gasteiger partial charge is 0.455 e. The molecule has 2 fully saturated rings. The zero-order valence-electron chi connectivity index (χ0n) is 16.2. The molecule has 1 saturated carbocycles. The second-order valence-electron chi connectivity index (χ2n) is 7.39. The Morgan fingerprint density at radius 1 is 1.30 bits per heavy atom. The molecule has 162 valence electrons. The van der Waals surface area contributed by atoms with Crippen LogP contribution in [0.5, 0.6) is 0 Å². The van der Waals surface area contributed by atoms with E-state index in [0.717, 1.165) is 24.6 Å². The molecule has 0 radical (unpaired) electrons. The fourth-order valence-corrected chi connectivity index (χ4v) is 4.68. The summed E-state index contributed by atoms with van der Waals surface area (Å²) in [4.78, 5) is 49.5. The lowest BCUT2D eigenvalue weighted by atomic mass is 9.77. The van der Waals surface area contributed by atoms with E-state index in [1.54, 1.807) is 18.2 Å². The number of carbonyl (C=O) groups is 4. The summed E-state index contributed by atoms with van der Waals surface area (Å²) in [6, 6.07) is 4.18. The van der Waals surface area contributed by atoms with Crippen LogP contribution in [0.25, 0.3) is 0 Å². The maximum absolute atomic E-state index is 12.7. The number of esters is 1. The molecule has 0 atom stereocenters. The van der Waals surface area contributed by atoms with Crippen molar-refractivity contribution in [2.24, 2.45) is 5.92 Å². The van der Waals surface area contributed by atoms with E-state index in [4.69, 9.17) is 27.9 Å². The summed E-state index contributed by atoms with van der Waals surface area (Å²) < 4.78 is 4.91. The van der Waals surface area contributed by atoms with Gasteiger partial charge in [-0.05, 0) is 49.8 Å². The molecule has 2 N–H and O–H groups in total. The highest BCUT2D eigenvalue weighted by Crippen LogP contribution is 2.35. The van der Waals surface area contributed by atoms with Crippen LogP contribution in [-0.4, -0.2) is 46.7 Å². The number of carbonyl (C=O) groups excluding carboxylic acids is 4.